The van der Waals surface area contributed by atoms with Crippen molar-refractivity contribution < 1.29 is 0 Å². The second-order valence-corrected chi connectivity index (χ2v) is 13.3. The van der Waals surface area contributed by atoms with Crippen LogP contribution in [0.25, 0.3) is 90.1 Å². The Bertz CT molecular complexity index is 2740. The molecule has 5 aromatic carbocycles. The summed E-state index contributed by atoms with van der Waals surface area (Å²) in [4.78, 5) is 24.2. The lowest BCUT2D eigenvalue weighted by Gasteiger charge is -2.11. The molecule has 0 N–H and O–H groups in total. The normalized spacial score (nSPS) is 10.8. The van der Waals surface area contributed by atoms with Crippen molar-refractivity contribution >= 4 is 0 Å². The van der Waals surface area contributed by atoms with E-state index >= 15 is 0 Å². The second kappa shape index (κ2) is 15.2. The van der Waals surface area contributed by atoms with Gasteiger partial charge in [0.2, 0.25) is 0 Å². The molecule has 0 saturated carbocycles. The highest BCUT2D eigenvalue weighted by atomic mass is 14.9. The fourth-order valence-electron chi connectivity index (χ4n) is 6.67. The maximum atomic E-state index is 9.25. The van der Waals surface area contributed by atoms with Crippen LogP contribution in [-0.2, 0) is 0 Å². The number of hydrogen-bond acceptors (Lipinski definition) is 6. The van der Waals surface area contributed by atoms with Crippen molar-refractivity contribution in [3.63, 3.8) is 0 Å². The number of nitriles is 1. The molecule has 0 unspecified atom stereocenters. The van der Waals surface area contributed by atoms with Gasteiger partial charge in [0.15, 0.2) is 5.82 Å². The summed E-state index contributed by atoms with van der Waals surface area (Å²) in [5, 5.41) is 9.25. The zero-order valence-corrected chi connectivity index (χ0v) is 30.2. The molecule has 9 aromatic rings. The maximum absolute atomic E-state index is 9.25. The van der Waals surface area contributed by atoms with Crippen LogP contribution in [-0.4, -0.2) is 24.9 Å². The fraction of sp³-hybridized carbons (Fsp3) is 0. The van der Waals surface area contributed by atoms with Crippen LogP contribution in [0.15, 0.2) is 194 Å². The molecule has 6 heteroatoms. The summed E-state index contributed by atoms with van der Waals surface area (Å²) in [6.07, 6.45) is 3.47. The van der Waals surface area contributed by atoms with Crippen LogP contribution in [0.4, 0.5) is 0 Å². The predicted octanol–water partition coefficient (Wildman–Crippen LogP) is 11.9. The first kappa shape index (κ1) is 33.9. The van der Waals surface area contributed by atoms with Gasteiger partial charge in [-0.2, -0.15) is 5.26 Å². The van der Waals surface area contributed by atoms with E-state index in [0.717, 1.165) is 72.8 Å². The molecule has 0 aliphatic heterocycles. The second-order valence-electron chi connectivity index (χ2n) is 13.3. The molecular formula is C50H32N6. The van der Waals surface area contributed by atoms with Crippen molar-refractivity contribution in [1.82, 2.24) is 24.9 Å². The summed E-state index contributed by atoms with van der Waals surface area (Å²) in [5.74, 6) is 0.700. The lowest BCUT2D eigenvalue weighted by Crippen LogP contribution is -1.95. The van der Waals surface area contributed by atoms with Crippen molar-refractivity contribution in [1.29, 1.82) is 5.26 Å². The quantitative estimate of drug-likeness (QED) is 0.156. The summed E-state index contributed by atoms with van der Waals surface area (Å²) in [6, 6.07) is 63.6. The number of pyridine rings is 3. The first-order valence-corrected chi connectivity index (χ1v) is 18.3. The Labute approximate surface area is 325 Å². The monoisotopic (exact) mass is 716 g/mol. The molecule has 4 heterocycles. The third kappa shape index (κ3) is 7.21. The van der Waals surface area contributed by atoms with E-state index in [2.05, 4.69) is 102 Å². The number of aromatic nitrogens is 5. The minimum atomic E-state index is 0.505. The van der Waals surface area contributed by atoms with Gasteiger partial charge in [-0.3, -0.25) is 9.97 Å². The van der Waals surface area contributed by atoms with E-state index in [1.807, 2.05) is 91.1 Å². The highest BCUT2D eigenvalue weighted by Crippen LogP contribution is 2.32. The summed E-state index contributed by atoms with van der Waals surface area (Å²) in [7, 11) is 0. The molecule has 0 aliphatic rings. The average Bonchev–Trinajstić information content (AvgIpc) is 3.30. The zero-order valence-electron chi connectivity index (χ0n) is 30.2. The molecule has 0 radical (unpaired) electrons. The Morgan fingerprint density at radius 2 is 0.732 bits per heavy atom. The van der Waals surface area contributed by atoms with Gasteiger partial charge >= 0.3 is 0 Å². The van der Waals surface area contributed by atoms with Gasteiger partial charge in [-0.05, 0) is 64.2 Å². The minimum absolute atomic E-state index is 0.505. The van der Waals surface area contributed by atoms with Crippen LogP contribution < -0.4 is 0 Å². The molecule has 0 bridgehead atoms. The largest absolute Gasteiger partial charge is 0.254 e. The van der Waals surface area contributed by atoms with Crippen molar-refractivity contribution in [3.8, 4) is 96.1 Å². The Kier molecular flexibility index (Phi) is 9.23. The first-order chi connectivity index (χ1) is 27.7. The molecule has 0 aliphatic carbocycles. The Hall–Kier alpha value is -7.88. The van der Waals surface area contributed by atoms with Crippen LogP contribution in [0.1, 0.15) is 5.56 Å². The molecule has 56 heavy (non-hydrogen) atoms. The number of benzene rings is 5. The molecule has 0 saturated heterocycles. The fourth-order valence-corrected chi connectivity index (χ4v) is 6.67. The topological polar surface area (TPSA) is 88.2 Å². The van der Waals surface area contributed by atoms with Crippen molar-refractivity contribution in [2.75, 3.05) is 0 Å². The van der Waals surface area contributed by atoms with E-state index in [-0.39, 0.29) is 0 Å². The maximum Gasteiger partial charge on any atom is 0.160 e. The van der Waals surface area contributed by atoms with E-state index in [9.17, 15) is 5.26 Å². The Morgan fingerprint density at radius 1 is 0.304 bits per heavy atom. The van der Waals surface area contributed by atoms with Gasteiger partial charge < -0.3 is 0 Å². The summed E-state index contributed by atoms with van der Waals surface area (Å²) >= 11 is 0. The van der Waals surface area contributed by atoms with Gasteiger partial charge in [-0.15, -0.1) is 0 Å². The minimum Gasteiger partial charge on any atom is -0.254 e. The lowest BCUT2D eigenvalue weighted by atomic mass is 9.99. The summed E-state index contributed by atoms with van der Waals surface area (Å²) in [5.41, 5.74) is 14.6. The number of hydrogen-bond donors (Lipinski definition) is 0. The van der Waals surface area contributed by atoms with E-state index in [0.29, 0.717) is 22.8 Å². The van der Waals surface area contributed by atoms with Crippen LogP contribution in [0.2, 0.25) is 0 Å². The van der Waals surface area contributed by atoms with E-state index < -0.39 is 0 Å². The zero-order chi connectivity index (χ0) is 37.7. The third-order valence-electron chi connectivity index (χ3n) is 9.67. The highest BCUT2D eigenvalue weighted by molar-refractivity contribution is 5.77. The molecule has 4 aromatic heterocycles. The van der Waals surface area contributed by atoms with E-state index in [1.165, 1.54) is 0 Å². The summed E-state index contributed by atoms with van der Waals surface area (Å²) in [6.45, 7) is 0. The van der Waals surface area contributed by atoms with Gasteiger partial charge in [-0.1, -0.05) is 146 Å². The van der Waals surface area contributed by atoms with Gasteiger partial charge in [0.1, 0.15) is 6.07 Å². The highest BCUT2D eigenvalue weighted by Gasteiger charge is 2.13. The van der Waals surface area contributed by atoms with Crippen molar-refractivity contribution in [2.24, 2.45) is 0 Å². The van der Waals surface area contributed by atoms with Crippen LogP contribution in [0.3, 0.4) is 0 Å². The molecule has 262 valence electrons. The Balaban J connectivity index is 0.968. The molecule has 0 amide bonds. The lowest BCUT2D eigenvalue weighted by molar-refractivity contribution is 1.18. The molecule has 0 atom stereocenters. The molecule has 0 spiro atoms. The van der Waals surface area contributed by atoms with Gasteiger partial charge in [-0.25, -0.2) is 15.0 Å². The standard InChI is InChI=1S/C50H32N6/c51-31-34-16-26-44(52-32-34)48-28-43(35-10-4-1-5-11-35)29-49(54-48)45-27-25-42(33-53-45)38-19-17-36(18-20-38)37-21-23-40(24-22-37)47-30-46(39-12-6-2-7-13-39)55-50(56-47)41-14-8-3-9-15-41/h1-30,32-33H. The molecule has 0 fully saturated rings. The van der Waals surface area contributed by atoms with Crippen LogP contribution in [0.5, 0.6) is 0 Å². The van der Waals surface area contributed by atoms with Gasteiger partial charge in [0, 0.05) is 34.6 Å². The Morgan fingerprint density at radius 3 is 1.23 bits per heavy atom. The van der Waals surface area contributed by atoms with Crippen molar-refractivity contribution in [3.05, 3.63) is 200 Å². The average molecular weight is 717 g/mol. The smallest absolute Gasteiger partial charge is 0.160 e. The third-order valence-corrected chi connectivity index (χ3v) is 9.67. The molecule has 9 rings (SSSR count). The van der Waals surface area contributed by atoms with Crippen LogP contribution in [0, 0.1) is 11.3 Å². The van der Waals surface area contributed by atoms with Gasteiger partial charge in [0.05, 0.1) is 39.7 Å². The van der Waals surface area contributed by atoms with Crippen molar-refractivity contribution in [2.45, 2.75) is 0 Å². The number of rotatable bonds is 8. The van der Waals surface area contributed by atoms with E-state index in [1.54, 1.807) is 12.3 Å². The molecular weight excluding hydrogens is 685 g/mol. The van der Waals surface area contributed by atoms with E-state index in [4.69, 9.17) is 19.9 Å². The number of nitrogens with zero attached hydrogens (tertiary/aromatic N) is 6. The first-order valence-electron chi connectivity index (χ1n) is 18.3. The SMILES string of the molecule is N#Cc1ccc(-c2cc(-c3ccccc3)cc(-c3ccc(-c4ccc(-c5ccc(-c6cc(-c7ccccc7)nc(-c7ccccc7)n6)cc5)cc4)cn3)n2)nc1. The summed E-state index contributed by atoms with van der Waals surface area (Å²) < 4.78 is 0. The molecule has 6 nitrogen and oxygen atoms in total. The predicted molar refractivity (Wildman–Crippen MR) is 224 cm³/mol. The van der Waals surface area contributed by atoms with Crippen LogP contribution >= 0.6 is 0 Å². The van der Waals surface area contributed by atoms with Gasteiger partial charge in [0.25, 0.3) is 0 Å².